The van der Waals surface area contributed by atoms with Crippen molar-refractivity contribution in [2.75, 3.05) is 6.54 Å². The molecule has 0 unspecified atom stereocenters. The number of oxazole rings is 1. The molecular weight excluding hydrogens is 315 g/mol. The number of benzene rings is 1. The van der Waals surface area contributed by atoms with Crippen molar-refractivity contribution in [2.45, 2.75) is 13.0 Å². The predicted octanol–water partition coefficient (Wildman–Crippen LogP) is 2.77. The third-order valence-electron chi connectivity index (χ3n) is 3.24. The number of carbonyl (C=O) groups is 1. The van der Waals surface area contributed by atoms with Crippen LogP contribution >= 0.6 is 15.9 Å². The molecule has 0 bridgehead atoms. The zero-order valence-corrected chi connectivity index (χ0v) is 11.5. The number of hydrogen-bond donors (Lipinski definition) is 0. The Morgan fingerprint density at radius 1 is 1.42 bits per heavy atom. The Kier molecular flexibility index (Phi) is 3.10. The van der Waals surface area contributed by atoms with Crippen molar-refractivity contribution in [3.63, 3.8) is 0 Å². The maximum Gasteiger partial charge on any atom is 0.276 e. The molecule has 0 fully saturated rings. The van der Waals surface area contributed by atoms with Crippen LogP contribution in [0.5, 0.6) is 0 Å². The smallest absolute Gasteiger partial charge is 0.276 e. The number of hydrogen-bond acceptors (Lipinski definition) is 3. The average Bonchev–Trinajstić information content (AvgIpc) is 2.96. The van der Waals surface area contributed by atoms with Gasteiger partial charge in [-0.15, -0.1) is 0 Å². The van der Waals surface area contributed by atoms with Crippen molar-refractivity contribution in [2.24, 2.45) is 0 Å². The lowest BCUT2D eigenvalue weighted by molar-refractivity contribution is 0.0726. The first-order valence-corrected chi connectivity index (χ1v) is 6.59. The van der Waals surface area contributed by atoms with Gasteiger partial charge in [0.15, 0.2) is 12.1 Å². The van der Waals surface area contributed by atoms with Crippen LogP contribution in [0.15, 0.2) is 33.7 Å². The van der Waals surface area contributed by atoms with Crippen LogP contribution in [0.2, 0.25) is 0 Å². The Bertz CT molecular complexity index is 628. The lowest BCUT2D eigenvalue weighted by Crippen LogP contribution is -2.36. The van der Waals surface area contributed by atoms with Gasteiger partial charge in [0.25, 0.3) is 5.91 Å². The summed E-state index contributed by atoms with van der Waals surface area (Å²) < 4.78 is 19.5. The molecule has 1 aromatic carbocycles. The molecule has 1 amide bonds. The number of fused-ring (bicyclic) bond motifs is 1. The van der Waals surface area contributed by atoms with E-state index >= 15 is 0 Å². The van der Waals surface area contributed by atoms with Gasteiger partial charge in [0, 0.05) is 23.1 Å². The lowest BCUT2D eigenvalue weighted by atomic mass is 9.99. The van der Waals surface area contributed by atoms with E-state index in [1.165, 1.54) is 18.7 Å². The predicted molar refractivity (Wildman–Crippen MR) is 69.0 cm³/mol. The molecule has 2 aromatic rings. The third-order valence-corrected chi connectivity index (χ3v) is 3.98. The van der Waals surface area contributed by atoms with Crippen LogP contribution in [-0.2, 0) is 13.0 Å². The van der Waals surface area contributed by atoms with Gasteiger partial charge in [-0.3, -0.25) is 4.79 Å². The van der Waals surface area contributed by atoms with Gasteiger partial charge in [0.05, 0.1) is 0 Å². The number of aromatic nitrogens is 1. The van der Waals surface area contributed by atoms with Crippen LogP contribution in [0.3, 0.4) is 0 Å². The van der Waals surface area contributed by atoms with Gasteiger partial charge in [-0.05, 0) is 24.1 Å². The fraction of sp³-hybridized carbons (Fsp3) is 0.231. The molecule has 0 spiro atoms. The molecule has 0 atom stereocenters. The van der Waals surface area contributed by atoms with E-state index in [1.807, 2.05) is 0 Å². The minimum atomic E-state index is -0.282. The van der Waals surface area contributed by atoms with Gasteiger partial charge in [0.1, 0.15) is 12.1 Å². The van der Waals surface area contributed by atoms with Crippen molar-refractivity contribution < 1.29 is 13.6 Å². The highest BCUT2D eigenvalue weighted by molar-refractivity contribution is 9.10. The monoisotopic (exact) mass is 324 g/mol. The van der Waals surface area contributed by atoms with Crippen LogP contribution < -0.4 is 0 Å². The molecule has 4 nitrogen and oxygen atoms in total. The molecule has 98 valence electrons. The normalized spacial score (nSPS) is 14.3. The Labute approximate surface area is 117 Å². The topological polar surface area (TPSA) is 46.3 Å². The van der Waals surface area contributed by atoms with Crippen LogP contribution in [0.1, 0.15) is 21.6 Å². The Balaban J connectivity index is 1.90. The highest BCUT2D eigenvalue weighted by Crippen LogP contribution is 2.29. The molecule has 0 saturated carbocycles. The van der Waals surface area contributed by atoms with Crippen molar-refractivity contribution in [3.05, 3.63) is 51.9 Å². The molecule has 0 radical (unpaired) electrons. The van der Waals surface area contributed by atoms with E-state index in [0.29, 0.717) is 18.5 Å². The minimum absolute atomic E-state index is 0.237. The van der Waals surface area contributed by atoms with Crippen LogP contribution in [0, 0.1) is 5.82 Å². The van der Waals surface area contributed by atoms with Crippen LogP contribution in [-0.4, -0.2) is 22.3 Å². The molecule has 19 heavy (non-hydrogen) atoms. The molecule has 3 rings (SSSR count). The van der Waals surface area contributed by atoms with E-state index in [1.54, 1.807) is 11.0 Å². The van der Waals surface area contributed by atoms with E-state index in [4.69, 9.17) is 4.42 Å². The fourth-order valence-electron chi connectivity index (χ4n) is 2.25. The first kappa shape index (κ1) is 12.3. The number of halogens is 2. The summed E-state index contributed by atoms with van der Waals surface area (Å²) >= 11 is 3.41. The molecule has 1 aliphatic heterocycles. The standard InChI is InChI=1S/C13H10BrFN2O2/c14-10-1-2-11(15)9-5-17(4-3-8(9)10)13(18)12-6-19-7-16-12/h1-2,6-7H,3-5H2. The van der Waals surface area contributed by atoms with Crippen molar-refractivity contribution in [3.8, 4) is 0 Å². The van der Waals surface area contributed by atoms with Gasteiger partial charge in [-0.2, -0.15) is 0 Å². The first-order chi connectivity index (χ1) is 9.16. The van der Waals surface area contributed by atoms with Crippen LogP contribution in [0.25, 0.3) is 0 Å². The molecule has 0 N–H and O–H groups in total. The van der Waals surface area contributed by atoms with Gasteiger partial charge in [-0.1, -0.05) is 15.9 Å². The van der Waals surface area contributed by atoms with Gasteiger partial charge < -0.3 is 9.32 Å². The zero-order valence-electron chi connectivity index (χ0n) is 9.90. The highest BCUT2D eigenvalue weighted by Gasteiger charge is 2.26. The quantitative estimate of drug-likeness (QED) is 0.810. The summed E-state index contributed by atoms with van der Waals surface area (Å²) in [5, 5.41) is 0. The van der Waals surface area contributed by atoms with Gasteiger partial charge in [-0.25, -0.2) is 9.37 Å². The maximum atomic E-state index is 13.8. The largest absolute Gasteiger partial charge is 0.451 e. The first-order valence-electron chi connectivity index (χ1n) is 5.80. The maximum absolute atomic E-state index is 13.8. The summed E-state index contributed by atoms with van der Waals surface area (Å²) in [7, 11) is 0. The third kappa shape index (κ3) is 2.16. The highest BCUT2D eigenvalue weighted by atomic mass is 79.9. The second-order valence-electron chi connectivity index (χ2n) is 4.34. The van der Waals surface area contributed by atoms with Crippen molar-refractivity contribution in [1.29, 1.82) is 0 Å². The number of rotatable bonds is 1. The summed E-state index contributed by atoms with van der Waals surface area (Å²) in [6.45, 7) is 0.799. The molecule has 0 aliphatic carbocycles. The molecular formula is C13H10BrFN2O2. The minimum Gasteiger partial charge on any atom is -0.451 e. The fourth-order valence-corrected chi connectivity index (χ4v) is 2.82. The van der Waals surface area contributed by atoms with E-state index in [-0.39, 0.29) is 24.0 Å². The second-order valence-corrected chi connectivity index (χ2v) is 5.19. The molecule has 2 heterocycles. The van der Waals surface area contributed by atoms with Crippen LogP contribution in [0.4, 0.5) is 4.39 Å². The number of carbonyl (C=O) groups excluding carboxylic acids is 1. The van der Waals surface area contributed by atoms with E-state index in [0.717, 1.165) is 10.0 Å². The Hall–Kier alpha value is -1.69. The van der Waals surface area contributed by atoms with Crippen molar-refractivity contribution >= 4 is 21.8 Å². The molecule has 1 aliphatic rings. The molecule has 0 saturated heterocycles. The van der Waals surface area contributed by atoms with E-state index in [2.05, 4.69) is 20.9 Å². The van der Waals surface area contributed by atoms with Gasteiger partial charge in [0.2, 0.25) is 0 Å². The van der Waals surface area contributed by atoms with E-state index in [9.17, 15) is 9.18 Å². The average molecular weight is 325 g/mol. The SMILES string of the molecule is O=C(c1cocn1)N1CCc2c(Br)ccc(F)c2C1. The van der Waals surface area contributed by atoms with Gasteiger partial charge >= 0.3 is 0 Å². The Morgan fingerprint density at radius 3 is 3.00 bits per heavy atom. The van der Waals surface area contributed by atoms with Crippen molar-refractivity contribution in [1.82, 2.24) is 9.88 Å². The Morgan fingerprint density at radius 2 is 2.26 bits per heavy atom. The molecule has 6 heteroatoms. The molecule has 1 aromatic heterocycles. The number of amides is 1. The lowest BCUT2D eigenvalue weighted by Gasteiger charge is -2.29. The zero-order chi connectivity index (χ0) is 13.4. The summed E-state index contributed by atoms with van der Waals surface area (Å²) in [6.07, 6.45) is 3.13. The second kappa shape index (κ2) is 4.77. The number of nitrogens with zero attached hydrogens (tertiary/aromatic N) is 2. The summed E-state index contributed by atoms with van der Waals surface area (Å²) in [5.41, 5.74) is 1.75. The summed E-state index contributed by atoms with van der Waals surface area (Å²) in [6, 6.07) is 3.11. The van der Waals surface area contributed by atoms with E-state index < -0.39 is 0 Å². The summed E-state index contributed by atoms with van der Waals surface area (Å²) in [5.74, 6) is -0.519. The summed E-state index contributed by atoms with van der Waals surface area (Å²) in [4.78, 5) is 17.5.